The van der Waals surface area contributed by atoms with Crippen molar-refractivity contribution in [2.45, 2.75) is 33.4 Å². The van der Waals surface area contributed by atoms with Crippen molar-refractivity contribution in [1.29, 1.82) is 0 Å². The van der Waals surface area contributed by atoms with Crippen molar-refractivity contribution in [2.75, 3.05) is 39.3 Å². The maximum Gasteiger partial charge on any atom is 0.0944 e. The van der Waals surface area contributed by atoms with Crippen LogP contribution in [-0.2, 0) is 19.5 Å². The number of aromatic amines is 1. The molecule has 11 aromatic rings. The zero-order valence-corrected chi connectivity index (χ0v) is 36.2. The number of para-hydroxylation sites is 2. The molecule has 6 aromatic carbocycles. The molecule has 316 valence electrons. The van der Waals surface area contributed by atoms with E-state index < -0.39 is 0 Å². The Balaban J connectivity index is 0.689. The summed E-state index contributed by atoms with van der Waals surface area (Å²) in [6.07, 6.45) is 4.75. The molecule has 5 aromatic heterocycles. The molecule has 0 saturated carbocycles. The van der Waals surface area contributed by atoms with Crippen LogP contribution in [0.3, 0.4) is 0 Å². The molecule has 1 aliphatic rings. The molecule has 0 aliphatic carbocycles. The average Bonchev–Trinajstić information content (AvgIpc) is 4.19. The maximum atomic E-state index is 4.55. The van der Waals surface area contributed by atoms with Crippen molar-refractivity contribution in [2.24, 2.45) is 0 Å². The highest BCUT2D eigenvalue weighted by atomic mass is 15.4. The molecule has 0 bridgehead atoms. The highest BCUT2D eigenvalue weighted by molar-refractivity contribution is 6.09. The summed E-state index contributed by atoms with van der Waals surface area (Å²) in [4.78, 5) is 8.67. The zero-order chi connectivity index (χ0) is 42.7. The number of aromatic nitrogens is 9. The van der Waals surface area contributed by atoms with Crippen LogP contribution in [0.2, 0.25) is 0 Å². The van der Waals surface area contributed by atoms with E-state index in [-0.39, 0.29) is 0 Å². The fourth-order valence-corrected chi connectivity index (χ4v) is 10.2. The Morgan fingerprint density at radius 3 is 1.73 bits per heavy atom. The van der Waals surface area contributed by atoms with Crippen molar-refractivity contribution in [1.82, 2.24) is 53.9 Å². The molecule has 1 saturated heterocycles. The van der Waals surface area contributed by atoms with Crippen LogP contribution in [0.5, 0.6) is 0 Å². The van der Waals surface area contributed by atoms with Gasteiger partial charge in [-0.3, -0.25) is 4.90 Å². The number of nitrogens with one attached hydrogen (secondary N) is 1. The number of H-pyrrole nitrogens is 1. The van der Waals surface area contributed by atoms with Crippen molar-refractivity contribution in [3.8, 4) is 33.9 Å². The quantitative estimate of drug-likeness (QED) is 0.139. The molecule has 0 amide bonds. The molecule has 0 atom stereocenters. The van der Waals surface area contributed by atoms with Gasteiger partial charge in [0.2, 0.25) is 0 Å². The van der Waals surface area contributed by atoms with Crippen LogP contribution in [0.1, 0.15) is 18.2 Å². The van der Waals surface area contributed by atoms with Gasteiger partial charge >= 0.3 is 0 Å². The van der Waals surface area contributed by atoms with Gasteiger partial charge in [0.1, 0.15) is 0 Å². The standard InChI is InChI=1S/C53H49N11/c1-3-61-48-10-6-4-8-43(48)45-32-41(17-20-50(45)61)63-52(34-54-57-63)38-14-12-37(13-15-38)22-23-59-24-26-60(27-25-59)28-29-62-49-11-7-5-9-44(49)46-33-42(18-21-51(46)62)64-53(35-55-58-64)39-16-19-47-40(31-39)30-36(2)56-47/h4-21,30-35,56H,3,22-29H2,1-2H3. The third-order valence-corrected chi connectivity index (χ3v) is 13.5. The number of hydrogen-bond acceptors (Lipinski definition) is 6. The summed E-state index contributed by atoms with van der Waals surface area (Å²) in [6.45, 7) is 12.5. The van der Waals surface area contributed by atoms with Crippen LogP contribution >= 0.6 is 0 Å². The highest BCUT2D eigenvalue weighted by Gasteiger charge is 2.20. The fourth-order valence-electron chi connectivity index (χ4n) is 10.2. The van der Waals surface area contributed by atoms with E-state index in [0.29, 0.717) is 0 Å². The third-order valence-electron chi connectivity index (χ3n) is 13.5. The Labute approximate surface area is 370 Å². The van der Waals surface area contributed by atoms with Crippen LogP contribution in [0.4, 0.5) is 0 Å². The van der Waals surface area contributed by atoms with Crippen molar-refractivity contribution < 1.29 is 0 Å². The molecule has 11 heteroatoms. The van der Waals surface area contributed by atoms with E-state index in [1.54, 1.807) is 0 Å². The van der Waals surface area contributed by atoms with Crippen LogP contribution in [-0.4, -0.2) is 93.2 Å². The van der Waals surface area contributed by atoms with Crippen LogP contribution in [0, 0.1) is 6.92 Å². The van der Waals surface area contributed by atoms with Crippen LogP contribution < -0.4 is 0 Å². The van der Waals surface area contributed by atoms with E-state index in [9.17, 15) is 0 Å². The predicted molar refractivity (Wildman–Crippen MR) is 258 cm³/mol. The Morgan fingerprint density at radius 2 is 1.08 bits per heavy atom. The van der Waals surface area contributed by atoms with Gasteiger partial charge in [-0.05, 0) is 92.6 Å². The smallest absolute Gasteiger partial charge is 0.0944 e. The first-order chi connectivity index (χ1) is 31.6. The minimum Gasteiger partial charge on any atom is -0.359 e. The van der Waals surface area contributed by atoms with Crippen LogP contribution in [0.25, 0.3) is 88.4 Å². The van der Waals surface area contributed by atoms with Gasteiger partial charge in [-0.25, -0.2) is 9.36 Å². The molecule has 12 rings (SSSR count). The average molecular weight is 840 g/mol. The molecule has 1 fully saturated rings. The number of nitrogens with zero attached hydrogens (tertiary/aromatic N) is 10. The van der Waals surface area contributed by atoms with Gasteiger partial charge in [-0.2, -0.15) is 0 Å². The van der Waals surface area contributed by atoms with E-state index in [1.807, 2.05) is 21.8 Å². The highest BCUT2D eigenvalue weighted by Crippen LogP contribution is 2.34. The maximum absolute atomic E-state index is 4.55. The summed E-state index contributed by atoms with van der Waals surface area (Å²) in [5.74, 6) is 0. The lowest BCUT2D eigenvalue weighted by Gasteiger charge is -2.34. The molecule has 0 radical (unpaired) electrons. The molecule has 6 heterocycles. The summed E-state index contributed by atoms with van der Waals surface area (Å²) in [5, 5.41) is 24.0. The second-order valence-corrected chi connectivity index (χ2v) is 17.3. The van der Waals surface area contributed by atoms with E-state index in [2.05, 4.69) is 192 Å². The van der Waals surface area contributed by atoms with Crippen molar-refractivity contribution >= 4 is 54.5 Å². The number of piperazine rings is 1. The van der Waals surface area contributed by atoms with Gasteiger partial charge in [-0.15, -0.1) is 10.2 Å². The number of rotatable bonds is 11. The lowest BCUT2D eigenvalue weighted by molar-refractivity contribution is 0.131. The van der Waals surface area contributed by atoms with E-state index >= 15 is 0 Å². The molecule has 0 spiro atoms. The van der Waals surface area contributed by atoms with Crippen molar-refractivity contribution in [3.63, 3.8) is 0 Å². The minimum atomic E-state index is 0.926. The SMILES string of the molecule is CCn1c2ccccc2c2cc(-n3nncc3-c3ccc(CCN4CCN(CCn5c6ccccc6c6cc(-n7nncc7-c7ccc8[nH]c(C)cc8c7)ccc65)CC4)cc3)ccc21. The number of hydrogen-bond donors (Lipinski definition) is 1. The molecule has 1 aliphatic heterocycles. The van der Waals surface area contributed by atoms with Crippen LogP contribution in [0.15, 0.2) is 146 Å². The Hall–Kier alpha value is -7.34. The first-order valence-electron chi connectivity index (χ1n) is 22.5. The number of benzene rings is 6. The molecule has 11 nitrogen and oxygen atoms in total. The molecular formula is C53H49N11. The normalized spacial score (nSPS) is 14.0. The van der Waals surface area contributed by atoms with Gasteiger partial charge in [-0.1, -0.05) is 77.2 Å². The number of aryl methyl sites for hydroxylation is 2. The van der Waals surface area contributed by atoms with Gasteiger partial charge in [0, 0.05) is 124 Å². The second kappa shape index (κ2) is 15.8. The molecule has 1 N–H and O–H groups in total. The molecule has 0 unspecified atom stereocenters. The first-order valence-corrected chi connectivity index (χ1v) is 22.5. The van der Waals surface area contributed by atoms with Gasteiger partial charge in [0.15, 0.2) is 0 Å². The lowest BCUT2D eigenvalue weighted by atomic mass is 10.1. The molecular weight excluding hydrogens is 791 g/mol. The Morgan fingerprint density at radius 1 is 0.516 bits per heavy atom. The van der Waals surface area contributed by atoms with E-state index in [0.717, 1.165) is 104 Å². The van der Waals surface area contributed by atoms with E-state index in [4.69, 9.17) is 0 Å². The zero-order valence-electron chi connectivity index (χ0n) is 36.2. The van der Waals surface area contributed by atoms with Gasteiger partial charge in [0.05, 0.1) is 35.2 Å². The largest absolute Gasteiger partial charge is 0.359 e. The van der Waals surface area contributed by atoms with Crippen molar-refractivity contribution in [3.05, 3.63) is 157 Å². The monoisotopic (exact) mass is 839 g/mol. The van der Waals surface area contributed by atoms with E-state index in [1.165, 1.54) is 54.6 Å². The van der Waals surface area contributed by atoms with Gasteiger partial charge < -0.3 is 19.0 Å². The summed E-state index contributed by atoms with van der Waals surface area (Å²) in [5.41, 5.74) is 14.8. The summed E-state index contributed by atoms with van der Waals surface area (Å²) < 4.78 is 8.81. The predicted octanol–water partition coefficient (Wildman–Crippen LogP) is 10.1. The fraction of sp³-hybridized carbons (Fsp3) is 0.208. The number of fused-ring (bicyclic) bond motifs is 7. The second-order valence-electron chi connectivity index (χ2n) is 17.3. The topological polar surface area (TPSA) is 93.6 Å². The Kier molecular flexibility index (Phi) is 9.45. The third kappa shape index (κ3) is 6.67. The summed E-state index contributed by atoms with van der Waals surface area (Å²) in [6, 6.07) is 48.4. The summed E-state index contributed by atoms with van der Waals surface area (Å²) in [7, 11) is 0. The summed E-state index contributed by atoms with van der Waals surface area (Å²) >= 11 is 0. The lowest BCUT2D eigenvalue weighted by Crippen LogP contribution is -2.47. The van der Waals surface area contributed by atoms with Gasteiger partial charge in [0.25, 0.3) is 0 Å². The molecule has 64 heavy (non-hydrogen) atoms. The Bertz CT molecular complexity index is 3480. The first kappa shape index (κ1) is 38.3. The minimum absolute atomic E-state index is 0.926.